The van der Waals surface area contributed by atoms with Crippen LogP contribution in [0.3, 0.4) is 0 Å². The Labute approximate surface area is 69.3 Å². The first-order valence-electron chi connectivity index (χ1n) is 3.80. The first-order valence-corrected chi connectivity index (χ1v) is 3.80. The number of hydrogen-bond donors (Lipinski definition) is 0. The molecule has 1 aliphatic heterocycles. The van der Waals surface area contributed by atoms with E-state index < -0.39 is 11.8 Å². The van der Waals surface area contributed by atoms with Gasteiger partial charge in [0, 0.05) is 19.7 Å². The van der Waals surface area contributed by atoms with Crippen LogP contribution >= 0.6 is 0 Å². The van der Waals surface area contributed by atoms with E-state index in [0.717, 1.165) is 0 Å². The zero-order valence-corrected chi connectivity index (χ0v) is 7.11. The molecule has 1 aliphatic rings. The van der Waals surface area contributed by atoms with Crippen molar-refractivity contribution < 1.29 is 17.9 Å². The van der Waals surface area contributed by atoms with Crippen LogP contribution < -0.4 is 0 Å². The highest BCUT2D eigenvalue weighted by Gasteiger charge is 2.61. The Hall–Kier alpha value is -0.290. The topological polar surface area (TPSA) is 12.5 Å². The Morgan fingerprint density at radius 3 is 2.17 bits per heavy atom. The summed E-state index contributed by atoms with van der Waals surface area (Å²) in [4.78, 5) is 1.59. The SMILES string of the molecule is CCOC1(C(F)(F)F)CN(C)C1. The van der Waals surface area contributed by atoms with E-state index in [4.69, 9.17) is 4.74 Å². The fraction of sp³-hybridized carbons (Fsp3) is 1.00. The predicted octanol–water partition coefficient (Wildman–Crippen LogP) is 1.27. The summed E-state index contributed by atoms with van der Waals surface area (Å²) in [7, 11) is 1.64. The first kappa shape index (κ1) is 9.80. The second-order valence-corrected chi connectivity index (χ2v) is 3.10. The molecule has 1 heterocycles. The molecule has 12 heavy (non-hydrogen) atoms. The van der Waals surface area contributed by atoms with E-state index in [0.29, 0.717) is 0 Å². The molecule has 1 saturated heterocycles. The van der Waals surface area contributed by atoms with Crippen molar-refractivity contribution in [1.29, 1.82) is 0 Å². The third kappa shape index (κ3) is 1.43. The fourth-order valence-corrected chi connectivity index (χ4v) is 1.45. The lowest BCUT2D eigenvalue weighted by Gasteiger charge is -2.48. The van der Waals surface area contributed by atoms with Gasteiger partial charge < -0.3 is 4.74 Å². The number of likely N-dealkylation sites (tertiary alicyclic amines) is 1. The molecule has 0 bridgehead atoms. The van der Waals surface area contributed by atoms with Gasteiger partial charge >= 0.3 is 6.18 Å². The van der Waals surface area contributed by atoms with Gasteiger partial charge in [0.05, 0.1) is 0 Å². The Morgan fingerprint density at radius 2 is 1.92 bits per heavy atom. The van der Waals surface area contributed by atoms with E-state index in [-0.39, 0.29) is 19.7 Å². The van der Waals surface area contributed by atoms with E-state index in [1.165, 1.54) is 0 Å². The Bertz CT molecular complexity index is 157. The smallest absolute Gasteiger partial charge is 0.363 e. The third-order valence-electron chi connectivity index (χ3n) is 1.99. The summed E-state index contributed by atoms with van der Waals surface area (Å²) in [5, 5.41) is 0. The van der Waals surface area contributed by atoms with Crippen molar-refractivity contribution in [3.05, 3.63) is 0 Å². The number of rotatable bonds is 2. The summed E-state index contributed by atoms with van der Waals surface area (Å²) in [5.41, 5.74) is -1.89. The predicted molar refractivity (Wildman–Crippen MR) is 37.9 cm³/mol. The maximum atomic E-state index is 12.4. The Morgan fingerprint density at radius 1 is 1.42 bits per heavy atom. The molecule has 0 unspecified atom stereocenters. The highest BCUT2D eigenvalue weighted by atomic mass is 19.4. The monoisotopic (exact) mass is 183 g/mol. The van der Waals surface area contributed by atoms with Gasteiger partial charge in [0.25, 0.3) is 0 Å². The Balaban J connectivity index is 2.63. The minimum Gasteiger partial charge on any atom is -0.363 e. The average molecular weight is 183 g/mol. The number of hydrogen-bond acceptors (Lipinski definition) is 2. The lowest BCUT2D eigenvalue weighted by molar-refractivity contribution is -0.314. The van der Waals surface area contributed by atoms with Crippen molar-refractivity contribution in [2.45, 2.75) is 18.7 Å². The molecule has 0 spiro atoms. The van der Waals surface area contributed by atoms with Crippen molar-refractivity contribution in [2.24, 2.45) is 0 Å². The summed E-state index contributed by atoms with van der Waals surface area (Å²) in [6.45, 7) is 1.58. The fourth-order valence-electron chi connectivity index (χ4n) is 1.45. The summed E-state index contributed by atoms with van der Waals surface area (Å²) >= 11 is 0. The van der Waals surface area contributed by atoms with Gasteiger partial charge in [-0.3, -0.25) is 4.90 Å². The molecule has 1 rings (SSSR count). The summed E-state index contributed by atoms with van der Waals surface area (Å²) < 4.78 is 41.8. The number of alkyl halides is 3. The first-order chi connectivity index (χ1) is 5.41. The summed E-state index contributed by atoms with van der Waals surface area (Å²) in [6.07, 6.45) is -4.24. The van der Waals surface area contributed by atoms with Crippen LogP contribution in [0.25, 0.3) is 0 Å². The van der Waals surface area contributed by atoms with Crippen molar-refractivity contribution in [2.75, 3.05) is 26.7 Å². The normalized spacial score (nSPS) is 23.8. The molecule has 0 aliphatic carbocycles. The highest BCUT2D eigenvalue weighted by Crippen LogP contribution is 2.39. The maximum absolute atomic E-state index is 12.4. The van der Waals surface area contributed by atoms with E-state index >= 15 is 0 Å². The quantitative estimate of drug-likeness (QED) is 0.639. The van der Waals surface area contributed by atoms with Gasteiger partial charge in [-0.05, 0) is 14.0 Å². The summed E-state index contributed by atoms with van der Waals surface area (Å²) in [6, 6.07) is 0. The van der Waals surface area contributed by atoms with Gasteiger partial charge in [-0.1, -0.05) is 0 Å². The lowest BCUT2D eigenvalue weighted by atomic mass is 9.94. The van der Waals surface area contributed by atoms with Crippen LogP contribution in [0, 0.1) is 0 Å². The minimum atomic E-state index is -4.24. The van der Waals surface area contributed by atoms with Crippen molar-refractivity contribution in [3.63, 3.8) is 0 Å². The molecule has 5 heteroatoms. The highest BCUT2D eigenvalue weighted by molar-refractivity contribution is 5.01. The zero-order valence-electron chi connectivity index (χ0n) is 7.11. The van der Waals surface area contributed by atoms with Crippen LogP contribution in [0.15, 0.2) is 0 Å². The van der Waals surface area contributed by atoms with Gasteiger partial charge in [-0.2, -0.15) is 13.2 Å². The van der Waals surface area contributed by atoms with Crippen LogP contribution in [0.2, 0.25) is 0 Å². The molecule has 0 aromatic heterocycles. The molecule has 0 N–H and O–H groups in total. The third-order valence-corrected chi connectivity index (χ3v) is 1.99. The van der Waals surface area contributed by atoms with E-state index in [1.54, 1.807) is 18.9 Å². The second kappa shape index (κ2) is 2.88. The van der Waals surface area contributed by atoms with Crippen LogP contribution in [-0.2, 0) is 4.74 Å². The standard InChI is InChI=1S/C7H12F3NO/c1-3-12-6(7(8,9)10)4-11(2)5-6/h3-5H2,1-2H3. The molecule has 1 fully saturated rings. The van der Waals surface area contributed by atoms with Gasteiger partial charge in [0.1, 0.15) is 0 Å². The van der Waals surface area contributed by atoms with Gasteiger partial charge in [0.2, 0.25) is 0 Å². The van der Waals surface area contributed by atoms with Crippen LogP contribution in [0.1, 0.15) is 6.92 Å². The number of halogens is 3. The minimum absolute atomic E-state index is 0.0513. The van der Waals surface area contributed by atoms with Crippen LogP contribution in [0.4, 0.5) is 13.2 Å². The molecular weight excluding hydrogens is 171 g/mol. The van der Waals surface area contributed by atoms with E-state index in [2.05, 4.69) is 0 Å². The number of ether oxygens (including phenoxy) is 1. The molecule has 0 aromatic rings. The largest absolute Gasteiger partial charge is 0.419 e. The lowest BCUT2D eigenvalue weighted by Crippen LogP contribution is -2.69. The van der Waals surface area contributed by atoms with Crippen LogP contribution in [0.5, 0.6) is 0 Å². The van der Waals surface area contributed by atoms with Gasteiger partial charge in [0.15, 0.2) is 5.60 Å². The van der Waals surface area contributed by atoms with Crippen molar-refractivity contribution >= 4 is 0 Å². The maximum Gasteiger partial charge on any atom is 0.419 e. The molecule has 72 valence electrons. The summed E-state index contributed by atoms with van der Waals surface area (Å²) in [5.74, 6) is 0. The molecule has 2 nitrogen and oxygen atoms in total. The molecule has 0 amide bonds. The van der Waals surface area contributed by atoms with Crippen molar-refractivity contribution in [1.82, 2.24) is 4.90 Å². The van der Waals surface area contributed by atoms with Crippen molar-refractivity contribution in [3.8, 4) is 0 Å². The zero-order chi connectivity index (χ0) is 9.41. The van der Waals surface area contributed by atoms with E-state index in [9.17, 15) is 13.2 Å². The molecule has 0 aromatic carbocycles. The van der Waals surface area contributed by atoms with Gasteiger partial charge in [-0.15, -0.1) is 0 Å². The van der Waals surface area contributed by atoms with E-state index in [1.807, 2.05) is 0 Å². The Kier molecular flexibility index (Phi) is 2.35. The number of likely N-dealkylation sites (N-methyl/N-ethyl adjacent to an activating group) is 1. The second-order valence-electron chi connectivity index (χ2n) is 3.10. The average Bonchev–Trinajstić information content (AvgIpc) is 1.81. The molecule has 0 saturated carbocycles. The number of nitrogens with zero attached hydrogens (tertiary/aromatic N) is 1. The van der Waals surface area contributed by atoms with Crippen LogP contribution in [-0.4, -0.2) is 43.4 Å². The van der Waals surface area contributed by atoms with Gasteiger partial charge in [-0.25, -0.2) is 0 Å². The molecule has 0 radical (unpaired) electrons. The molecule has 0 atom stereocenters. The molecular formula is C7H12F3NO.